The van der Waals surface area contributed by atoms with Gasteiger partial charge in [0.15, 0.2) is 5.96 Å². The number of ether oxygens (including phenoxy) is 1. The molecule has 1 aromatic rings. The van der Waals surface area contributed by atoms with Crippen LogP contribution in [0.2, 0.25) is 0 Å². The third kappa shape index (κ3) is 12.5. The summed E-state index contributed by atoms with van der Waals surface area (Å²) in [5.74, 6) is -2.05. The molecule has 0 saturated heterocycles. The van der Waals surface area contributed by atoms with Crippen molar-refractivity contribution < 1.29 is 29.3 Å². The van der Waals surface area contributed by atoms with Crippen LogP contribution in [-0.2, 0) is 25.5 Å². The summed E-state index contributed by atoms with van der Waals surface area (Å²) in [6.07, 6.45) is 8.03. The van der Waals surface area contributed by atoms with Gasteiger partial charge in [-0.15, -0.1) is 0 Å². The topological polar surface area (TPSA) is 189 Å². The highest BCUT2D eigenvalue weighted by atomic mass is 16.6. The molecule has 39 heavy (non-hydrogen) atoms. The zero-order chi connectivity index (χ0) is 28.6. The second kappa shape index (κ2) is 17.5. The highest BCUT2D eigenvalue weighted by Gasteiger charge is 2.39. The Morgan fingerprint density at radius 3 is 2.56 bits per heavy atom. The zero-order valence-electron chi connectivity index (χ0n) is 22.6. The number of nitrogens with two attached hydrogens (primary N) is 2. The zero-order valence-corrected chi connectivity index (χ0v) is 22.6. The molecule has 216 valence electrons. The lowest BCUT2D eigenvalue weighted by molar-refractivity contribution is -0.160. The number of nitrogens with one attached hydrogen (secondary N) is 2. The number of esters is 2. The van der Waals surface area contributed by atoms with E-state index < -0.39 is 30.2 Å². The fraction of sp³-hybridized carbons (Fsp3) is 0.586. The summed E-state index contributed by atoms with van der Waals surface area (Å²) >= 11 is 0. The van der Waals surface area contributed by atoms with Gasteiger partial charge in [0.2, 0.25) is 0 Å². The smallest absolute Gasteiger partial charge is 0.330 e. The number of aliphatic hydroxyl groups excluding tert-OH is 2. The summed E-state index contributed by atoms with van der Waals surface area (Å²) < 4.78 is 4.82. The Balaban J connectivity index is 1.63. The molecular weight excluding hydrogens is 500 g/mol. The molecule has 10 heteroatoms. The minimum absolute atomic E-state index is 0.0476. The van der Waals surface area contributed by atoms with Gasteiger partial charge in [0.25, 0.3) is 0 Å². The van der Waals surface area contributed by atoms with Gasteiger partial charge in [-0.2, -0.15) is 0 Å². The Morgan fingerprint density at radius 1 is 1.13 bits per heavy atom. The summed E-state index contributed by atoms with van der Waals surface area (Å²) in [5, 5.41) is 30.4. The SMILES string of the molecule is N=C(N)NCCC[C@H](N)C(=O)OC(=O)CCCCCC[C@H]1C(=O)C[C@@H](O)[C@@H]1/C=C/[C@@H](O)CCc1ccccc1. The number of carbonyl (C=O) groups excluding carboxylic acids is 3. The lowest BCUT2D eigenvalue weighted by Crippen LogP contribution is -2.36. The van der Waals surface area contributed by atoms with Crippen LogP contribution in [0.25, 0.3) is 0 Å². The molecule has 0 amide bonds. The van der Waals surface area contributed by atoms with Crippen LogP contribution in [0.15, 0.2) is 42.5 Å². The maximum absolute atomic E-state index is 12.5. The molecule has 1 aliphatic rings. The third-order valence-electron chi connectivity index (χ3n) is 7.03. The average molecular weight is 545 g/mol. The summed E-state index contributed by atoms with van der Waals surface area (Å²) in [5.41, 5.74) is 12.1. The van der Waals surface area contributed by atoms with E-state index in [-0.39, 0.29) is 36.4 Å². The largest absolute Gasteiger partial charge is 0.392 e. The maximum atomic E-state index is 12.5. The van der Waals surface area contributed by atoms with Crippen molar-refractivity contribution in [2.75, 3.05) is 6.54 Å². The van der Waals surface area contributed by atoms with Gasteiger partial charge in [-0.3, -0.25) is 15.0 Å². The lowest BCUT2D eigenvalue weighted by Gasteiger charge is -2.18. The van der Waals surface area contributed by atoms with Crippen LogP contribution < -0.4 is 16.8 Å². The molecule has 1 aromatic carbocycles. The van der Waals surface area contributed by atoms with Crippen LogP contribution in [0.4, 0.5) is 0 Å². The number of hydrogen-bond acceptors (Lipinski definition) is 8. The second-order valence-electron chi connectivity index (χ2n) is 10.2. The highest BCUT2D eigenvalue weighted by molar-refractivity contribution is 5.88. The number of rotatable bonds is 17. The van der Waals surface area contributed by atoms with E-state index in [4.69, 9.17) is 21.6 Å². The molecule has 0 bridgehead atoms. The third-order valence-corrected chi connectivity index (χ3v) is 7.03. The van der Waals surface area contributed by atoms with Crippen molar-refractivity contribution in [3.63, 3.8) is 0 Å². The Bertz CT molecular complexity index is 954. The number of ketones is 1. The van der Waals surface area contributed by atoms with E-state index in [1.165, 1.54) is 0 Å². The van der Waals surface area contributed by atoms with Crippen molar-refractivity contribution in [3.05, 3.63) is 48.0 Å². The van der Waals surface area contributed by atoms with Crippen LogP contribution in [0.5, 0.6) is 0 Å². The quantitative estimate of drug-likeness (QED) is 0.0426. The van der Waals surface area contributed by atoms with Gasteiger partial charge in [0.1, 0.15) is 11.8 Å². The monoisotopic (exact) mass is 544 g/mol. The minimum atomic E-state index is -0.908. The highest BCUT2D eigenvalue weighted by Crippen LogP contribution is 2.34. The summed E-state index contributed by atoms with van der Waals surface area (Å²) in [7, 11) is 0. The van der Waals surface area contributed by atoms with E-state index in [1.54, 1.807) is 12.2 Å². The summed E-state index contributed by atoms with van der Waals surface area (Å²) in [6.45, 7) is 0.406. The van der Waals surface area contributed by atoms with E-state index in [9.17, 15) is 24.6 Å². The number of unbranched alkanes of at least 4 members (excludes halogenated alkanes) is 3. The molecular formula is C29H44N4O6. The average Bonchev–Trinajstić information content (AvgIpc) is 3.17. The number of benzene rings is 1. The molecule has 2 rings (SSSR count). The van der Waals surface area contributed by atoms with Crippen LogP contribution >= 0.6 is 0 Å². The Hall–Kier alpha value is -3.08. The molecule has 0 unspecified atom stereocenters. The van der Waals surface area contributed by atoms with Gasteiger partial charge < -0.3 is 31.7 Å². The Labute approximate surface area is 230 Å². The van der Waals surface area contributed by atoms with Gasteiger partial charge in [-0.1, -0.05) is 61.7 Å². The molecule has 0 aromatic heterocycles. The van der Waals surface area contributed by atoms with Gasteiger partial charge >= 0.3 is 11.9 Å². The second-order valence-corrected chi connectivity index (χ2v) is 10.2. The first-order valence-electron chi connectivity index (χ1n) is 13.9. The number of aliphatic hydroxyl groups is 2. The van der Waals surface area contributed by atoms with E-state index in [1.807, 2.05) is 30.3 Å². The van der Waals surface area contributed by atoms with Crippen molar-refractivity contribution in [3.8, 4) is 0 Å². The molecule has 0 radical (unpaired) electrons. The molecule has 10 nitrogen and oxygen atoms in total. The molecule has 1 fully saturated rings. The molecule has 1 aliphatic carbocycles. The maximum Gasteiger partial charge on any atom is 0.330 e. The molecule has 8 N–H and O–H groups in total. The standard InChI is InChI=1S/C29H44N4O6/c30-24(12-8-18-33-29(31)32)28(38)39-27(37)13-7-2-1-6-11-22-23(26(36)19-25(22)35)17-16-21(34)15-14-20-9-4-3-5-10-20/h3-5,9-10,16-17,21-24,26,34,36H,1-2,6-8,11-15,18-19,30H2,(H4,31,32,33)/b17-16+/t21-,22+,23+,24-,26+/m0/s1. The van der Waals surface area contributed by atoms with Crippen LogP contribution in [0, 0.1) is 17.2 Å². The predicted octanol–water partition coefficient (Wildman–Crippen LogP) is 2.10. The first kappa shape index (κ1) is 32.1. The van der Waals surface area contributed by atoms with Crippen molar-refractivity contribution in [1.29, 1.82) is 5.41 Å². The fourth-order valence-electron chi connectivity index (χ4n) is 4.79. The summed E-state index contributed by atoms with van der Waals surface area (Å²) in [4.78, 5) is 36.3. The molecule has 1 saturated carbocycles. The van der Waals surface area contributed by atoms with E-state index in [2.05, 4.69) is 5.32 Å². The lowest BCUT2D eigenvalue weighted by atomic mass is 9.88. The number of Topliss-reactive ketones (excluding diaryl/α,β-unsaturated/α-hetero) is 1. The van der Waals surface area contributed by atoms with Crippen LogP contribution in [-0.4, -0.2) is 58.7 Å². The van der Waals surface area contributed by atoms with Crippen molar-refractivity contribution in [1.82, 2.24) is 5.32 Å². The van der Waals surface area contributed by atoms with Gasteiger partial charge in [-0.05, 0) is 44.1 Å². The van der Waals surface area contributed by atoms with E-state index in [0.717, 1.165) is 31.2 Å². The normalized spacial score (nSPS) is 20.6. The fourth-order valence-corrected chi connectivity index (χ4v) is 4.79. The Kier molecular flexibility index (Phi) is 14.4. The first-order chi connectivity index (χ1) is 18.7. The van der Waals surface area contributed by atoms with E-state index >= 15 is 0 Å². The predicted molar refractivity (Wildman–Crippen MR) is 148 cm³/mol. The number of hydrogen-bond donors (Lipinski definition) is 6. The van der Waals surface area contributed by atoms with Gasteiger partial charge in [-0.25, -0.2) is 4.79 Å². The van der Waals surface area contributed by atoms with Crippen molar-refractivity contribution >= 4 is 23.7 Å². The number of aryl methyl sites for hydroxylation is 1. The Morgan fingerprint density at radius 2 is 1.85 bits per heavy atom. The summed E-state index contributed by atoms with van der Waals surface area (Å²) in [6, 6.07) is 9.01. The van der Waals surface area contributed by atoms with Gasteiger partial charge in [0, 0.05) is 31.2 Å². The number of carbonyl (C=O) groups is 3. The van der Waals surface area contributed by atoms with Crippen molar-refractivity contribution in [2.24, 2.45) is 23.3 Å². The molecule has 0 heterocycles. The van der Waals surface area contributed by atoms with Crippen LogP contribution in [0.1, 0.15) is 69.8 Å². The van der Waals surface area contributed by atoms with Gasteiger partial charge in [0.05, 0.1) is 12.2 Å². The van der Waals surface area contributed by atoms with Crippen molar-refractivity contribution in [2.45, 2.75) is 88.9 Å². The van der Waals surface area contributed by atoms with Crippen LogP contribution in [0.3, 0.4) is 0 Å². The minimum Gasteiger partial charge on any atom is -0.392 e. The first-order valence-corrected chi connectivity index (χ1v) is 13.9. The number of guanidine groups is 1. The molecule has 0 spiro atoms. The molecule has 5 atom stereocenters. The molecule has 0 aliphatic heterocycles. The van der Waals surface area contributed by atoms with E-state index in [0.29, 0.717) is 38.6 Å².